The molecule has 0 saturated carbocycles. The van der Waals surface area contributed by atoms with E-state index in [1.54, 1.807) is 16.7 Å². The highest BCUT2D eigenvalue weighted by molar-refractivity contribution is 7.20. The number of rotatable bonds is 3. The number of nitrogens with zero attached hydrogens (tertiary/aromatic N) is 1. The number of thiophene rings is 1. The zero-order chi connectivity index (χ0) is 14.8. The van der Waals surface area contributed by atoms with E-state index in [9.17, 15) is 4.79 Å². The van der Waals surface area contributed by atoms with Crippen LogP contribution in [0.15, 0.2) is 41.1 Å². The summed E-state index contributed by atoms with van der Waals surface area (Å²) in [6.45, 7) is 3.93. The highest BCUT2D eigenvalue weighted by Crippen LogP contribution is 2.28. The maximum atomic E-state index is 12.2. The molecule has 0 aliphatic carbocycles. The van der Waals surface area contributed by atoms with E-state index in [2.05, 4.69) is 4.98 Å². The first-order valence-corrected chi connectivity index (χ1v) is 8.18. The molecule has 21 heavy (non-hydrogen) atoms. The minimum absolute atomic E-state index is 0.350. The van der Waals surface area contributed by atoms with Crippen LogP contribution >= 0.6 is 22.7 Å². The Kier molecular flexibility index (Phi) is 3.86. The zero-order valence-electron chi connectivity index (χ0n) is 11.6. The van der Waals surface area contributed by atoms with Gasteiger partial charge in [0.05, 0.1) is 4.88 Å². The second-order valence-corrected chi connectivity index (χ2v) is 6.48. The van der Waals surface area contributed by atoms with Crippen LogP contribution in [0.5, 0.6) is 5.75 Å². The number of ether oxygens (including phenoxy) is 1. The van der Waals surface area contributed by atoms with Crippen molar-refractivity contribution in [1.82, 2.24) is 4.98 Å². The lowest BCUT2D eigenvalue weighted by Crippen LogP contribution is -2.09. The van der Waals surface area contributed by atoms with Crippen molar-refractivity contribution in [2.45, 2.75) is 13.8 Å². The average Bonchev–Trinajstić information content (AvgIpc) is 3.10. The SMILES string of the molecule is Cc1ccc(OC(=O)c2csc(-c3cccs3)n2)c(C)c1. The summed E-state index contributed by atoms with van der Waals surface area (Å²) in [6, 6.07) is 9.68. The summed E-state index contributed by atoms with van der Waals surface area (Å²) in [6.07, 6.45) is 0. The van der Waals surface area contributed by atoms with Gasteiger partial charge in [0.2, 0.25) is 0 Å². The Labute approximate surface area is 130 Å². The standard InChI is InChI=1S/C16H13NO2S2/c1-10-5-6-13(11(2)8-10)19-16(18)12-9-21-15(17-12)14-4-3-7-20-14/h3-9H,1-2H3. The monoisotopic (exact) mass is 315 g/mol. The molecule has 1 aromatic carbocycles. The summed E-state index contributed by atoms with van der Waals surface area (Å²) in [5.41, 5.74) is 2.43. The van der Waals surface area contributed by atoms with Crippen molar-refractivity contribution in [3.8, 4) is 15.6 Å². The number of hydrogen-bond donors (Lipinski definition) is 0. The molecule has 0 aliphatic heterocycles. The van der Waals surface area contributed by atoms with E-state index in [4.69, 9.17) is 4.74 Å². The molecule has 0 amide bonds. The molecule has 0 bridgehead atoms. The predicted molar refractivity (Wildman–Crippen MR) is 86.3 cm³/mol. The Morgan fingerprint density at radius 1 is 1.19 bits per heavy atom. The van der Waals surface area contributed by atoms with Crippen molar-refractivity contribution in [2.24, 2.45) is 0 Å². The highest BCUT2D eigenvalue weighted by Gasteiger charge is 2.15. The number of carbonyl (C=O) groups excluding carboxylic acids is 1. The minimum Gasteiger partial charge on any atom is -0.422 e. The molecule has 5 heteroatoms. The first-order valence-electron chi connectivity index (χ1n) is 6.42. The van der Waals surface area contributed by atoms with E-state index < -0.39 is 5.97 Å². The molecule has 0 unspecified atom stereocenters. The first kappa shape index (κ1) is 14.0. The molecule has 0 spiro atoms. The van der Waals surface area contributed by atoms with E-state index in [0.717, 1.165) is 21.0 Å². The Morgan fingerprint density at radius 3 is 2.76 bits per heavy atom. The lowest BCUT2D eigenvalue weighted by molar-refractivity contribution is 0.0728. The van der Waals surface area contributed by atoms with E-state index >= 15 is 0 Å². The van der Waals surface area contributed by atoms with E-state index in [0.29, 0.717) is 11.4 Å². The summed E-state index contributed by atoms with van der Waals surface area (Å²) in [5.74, 6) is 0.164. The largest absolute Gasteiger partial charge is 0.422 e. The van der Waals surface area contributed by atoms with E-state index in [-0.39, 0.29) is 0 Å². The summed E-state index contributed by atoms with van der Waals surface area (Å²) >= 11 is 3.06. The van der Waals surface area contributed by atoms with Gasteiger partial charge in [-0.2, -0.15) is 0 Å². The molecule has 106 valence electrons. The molecular weight excluding hydrogens is 302 g/mol. The smallest absolute Gasteiger partial charge is 0.363 e. The van der Waals surface area contributed by atoms with Gasteiger partial charge in [-0.25, -0.2) is 9.78 Å². The molecule has 2 heterocycles. The Morgan fingerprint density at radius 2 is 2.05 bits per heavy atom. The van der Waals surface area contributed by atoms with Crippen molar-refractivity contribution in [1.29, 1.82) is 0 Å². The third kappa shape index (κ3) is 3.04. The fraction of sp³-hybridized carbons (Fsp3) is 0.125. The number of carbonyl (C=O) groups is 1. The average molecular weight is 315 g/mol. The predicted octanol–water partition coefficient (Wildman–Crippen LogP) is 4.71. The van der Waals surface area contributed by atoms with Crippen LogP contribution in [0.2, 0.25) is 0 Å². The molecule has 0 N–H and O–H groups in total. The maximum Gasteiger partial charge on any atom is 0.363 e. The molecule has 2 aromatic heterocycles. The van der Waals surface area contributed by atoms with Gasteiger partial charge in [-0.05, 0) is 36.9 Å². The summed E-state index contributed by atoms with van der Waals surface area (Å²) in [5, 5.41) is 4.57. The van der Waals surface area contributed by atoms with E-state index in [1.165, 1.54) is 11.3 Å². The fourth-order valence-corrected chi connectivity index (χ4v) is 3.55. The van der Waals surface area contributed by atoms with Crippen LogP contribution in [-0.2, 0) is 0 Å². The number of aryl methyl sites for hydroxylation is 2. The van der Waals surface area contributed by atoms with Gasteiger partial charge in [0.25, 0.3) is 0 Å². The Hall–Kier alpha value is -1.98. The van der Waals surface area contributed by atoms with Crippen LogP contribution in [0.3, 0.4) is 0 Å². The number of aromatic nitrogens is 1. The Bertz CT molecular complexity index is 775. The molecule has 0 aliphatic rings. The van der Waals surface area contributed by atoms with Crippen molar-refractivity contribution < 1.29 is 9.53 Å². The van der Waals surface area contributed by atoms with Crippen LogP contribution in [-0.4, -0.2) is 11.0 Å². The topological polar surface area (TPSA) is 39.2 Å². The molecular formula is C16H13NO2S2. The van der Waals surface area contributed by atoms with Gasteiger partial charge < -0.3 is 4.74 Å². The van der Waals surface area contributed by atoms with Gasteiger partial charge in [-0.15, -0.1) is 22.7 Å². The minimum atomic E-state index is -0.416. The number of hydrogen-bond acceptors (Lipinski definition) is 5. The normalized spacial score (nSPS) is 10.6. The molecule has 3 rings (SSSR count). The summed E-state index contributed by atoms with van der Waals surface area (Å²) in [4.78, 5) is 17.6. The van der Waals surface area contributed by atoms with Gasteiger partial charge in [-0.3, -0.25) is 0 Å². The van der Waals surface area contributed by atoms with Gasteiger partial charge in [0.15, 0.2) is 5.69 Å². The number of esters is 1. The summed E-state index contributed by atoms with van der Waals surface area (Å²) < 4.78 is 5.43. The highest BCUT2D eigenvalue weighted by atomic mass is 32.1. The molecule has 0 saturated heterocycles. The lowest BCUT2D eigenvalue weighted by Gasteiger charge is -2.06. The van der Waals surface area contributed by atoms with Gasteiger partial charge in [-0.1, -0.05) is 23.8 Å². The van der Waals surface area contributed by atoms with Crippen LogP contribution < -0.4 is 4.74 Å². The van der Waals surface area contributed by atoms with Gasteiger partial charge in [0, 0.05) is 5.38 Å². The van der Waals surface area contributed by atoms with E-state index in [1.807, 2.05) is 49.6 Å². The van der Waals surface area contributed by atoms with Crippen molar-refractivity contribution in [2.75, 3.05) is 0 Å². The number of thiazole rings is 1. The molecule has 3 aromatic rings. The van der Waals surface area contributed by atoms with Crippen LogP contribution in [0.1, 0.15) is 21.6 Å². The second-order valence-electron chi connectivity index (χ2n) is 4.67. The fourth-order valence-electron chi connectivity index (χ4n) is 1.95. The van der Waals surface area contributed by atoms with Crippen molar-refractivity contribution in [3.05, 3.63) is 57.9 Å². The Balaban J connectivity index is 1.79. The van der Waals surface area contributed by atoms with Gasteiger partial charge >= 0.3 is 5.97 Å². The van der Waals surface area contributed by atoms with Crippen molar-refractivity contribution >= 4 is 28.6 Å². The lowest BCUT2D eigenvalue weighted by atomic mass is 10.1. The van der Waals surface area contributed by atoms with Gasteiger partial charge in [0.1, 0.15) is 10.8 Å². The molecule has 0 atom stereocenters. The summed E-state index contributed by atoms with van der Waals surface area (Å²) in [7, 11) is 0. The first-order chi connectivity index (χ1) is 10.1. The van der Waals surface area contributed by atoms with Crippen LogP contribution in [0.4, 0.5) is 0 Å². The maximum absolute atomic E-state index is 12.2. The van der Waals surface area contributed by atoms with Crippen molar-refractivity contribution in [3.63, 3.8) is 0 Å². The molecule has 3 nitrogen and oxygen atoms in total. The van der Waals surface area contributed by atoms with Crippen LogP contribution in [0.25, 0.3) is 9.88 Å². The van der Waals surface area contributed by atoms with Crippen LogP contribution in [0, 0.1) is 13.8 Å². The quantitative estimate of drug-likeness (QED) is 0.519. The molecule has 0 radical (unpaired) electrons. The third-order valence-corrected chi connectivity index (χ3v) is 4.86. The zero-order valence-corrected chi connectivity index (χ0v) is 13.3. The second kappa shape index (κ2) is 5.79. The molecule has 0 fully saturated rings. The number of benzene rings is 1. The third-order valence-electron chi connectivity index (χ3n) is 2.98.